The van der Waals surface area contributed by atoms with Crippen molar-refractivity contribution in [1.29, 1.82) is 0 Å². The molecule has 0 bridgehead atoms. The van der Waals surface area contributed by atoms with E-state index >= 15 is 0 Å². The quantitative estimate of drug-likeness (QED) is 0.433. The number of primary amides is 1. The van der Waals surface area contributed by atoms with Crippen molar-refractivity contribution < 1.29 is 24.2 Å². The third-order valence-corrected chi connectivity index (χ3v) is 6.66. The predicted octanol–water partition coefficient (Wildman–Crippen LogP) is 3.22. The van der Waals surface area contributed by atoms with E-state index in [9.17, 15) is 14.4 Å². The van der Waals surface area contributed by atoms with Crippen molar-refractivity contribution in [3.8, 4) is 0 Å². The van der Waals surface area contributed by atoms with Crippen LogP contribution in [0.4, 0.5) is 32.6 Å². The fourth-order valence-electron chi connectivity index (χ4n) is 4.74. The molecule has 1 atom stereocenters. The molecule has 1 unspecified atom stereocenters. The summed E-state index contributed by atoms with van der Waals surface area (Å²) in [4.78, 5) is 45.9. The van der Waals surface area contributed by atoms with Gasteiger partial charge in [0.1, 0.15) is 17.2 Å². The van der Waals surface area contributed by atoms with Crippen molar-refractivity contribution in [2.45, 2.75) is 45.3 Å². The zero-order valence-electron chi connectivity index (χ0n) is 22.6. The van der Waals surface area contributed by atoms with E-state index in [1.54, 1.807) is 12.1 Å². The second-order valence-electron chi connectivity index (χ2n) is 10.8. The summed E-state index contributed by atoms with van der Waals surface area (Å²) in [7, 11) is 0. The van der Waals surface area contributed by atoms with Crippen molar-refractivity contribution in [1.82, 2.24) is 15.2 Å². The van der Waals surface area contributed by atoms with Crippen LogP contribution in [-0.2, 0) is 4.74 Å². The Bertz CT molecular complexity index is 1190. The molecule has 0 radical (unpaired) electrons. The van der Waals surface area contributed by atoms with Crippen LogP contribution in [0.3, 0.4) is 0 Å². The molecule has 2 aromatic rings. The molecule has 2 saturated heterocycles. The molecular weight excluding hydrogens is 502 g/mol. The molecule has 39 heavy (non-hydrogen) atoms. The molecule has 2 fully saturated rings. The highest BCUT2D eigenvalue weighted by atomic mass is 16.6. The van der Waals surface area contributed by atoms with Gasteiger partial charge in [-0.3, -0.25) is 4.79 Å². The maximum Gasteiger partial charge on any atom is 0.407 e. The normalized spacial score (nSPS) is 17.9. The second-order valence-corrected chi connectivity index (χ2v) is 10.8. The van der Waals surface area contributed by atoms with Crippen LogP contribution in [0.1, 0.15) is 44.0 Å². The molecule has 210 valence electrons. The highest BCUT2D eigenvalue weighted by Crippen LogP contribution is 2.27. The van der Waals surface area contributed by atoms with E-state index in [0.29, 0.717) is 44.4 Å². The lowest BCUT2D eigenvalue weighted by atomic mass is 10.1. The second kappa shape index (κ2) is 11.7. The van der Waals surface area contributed by atoms with Crippen LogP contribution in [0.15, 0.2) is 36.4 Å². The zero-order chi connectivity index (χ0) is 28.2. The maximum absolute atomic E-state index is 12.3. The number of carboxylic acid groups (broad SMARTS) is 1. The van der Waals surface area contributed by atoms with Crippen molar-refractivity contribution in [3.05, 3.63) is 42.0 Å². The fraction of sp³-hybridized carbons (Fsp3) is 0.481. The monoisotopic (exact) mass is 539 g/mol. The number of hydrogen-bond acceptors (Lipinski definition) is 8. The number of rotatable bonds is 6. The first-order valence-electron chi connectivity index (χ1n) is 13.1. The van der Waals surface area contributed by atoms with Crippen molar-refractivity contribution in [2.75, 3.05) is 54.4 Å². The van der Waals surface area contributed by atoms with E-state index in [1.807, 2.05) is 45.0 Å². The number of ether oxygens (including phenoxy) is 1. The van der Waals surface area contributed by atoms with Crippen LogP contribution in [0, 0.1) is 0 Å². The van der Waals surface area contributed by atoms with Crippen LogP contribution in [0.25, 0.3) is 0 Å². The minimum Gasteiger partial charge on any atom is -0.465 e. The average Bonchev–Trinajstić information content (AvgIpc) is 2.88. The largest absolute Gasteiger partial charge is 0.465 e. The topological polar surface area (TPSA) is 153 Å². The van der Waals surface area contributed by atoms with Crippen molar-refractivity contribution >= 4 is 41.1 Å². The van der Waals surface area contributed by atoms with E-state index < -0.39 is 23.7 Å². The summed E-state index contributed by atoms with van der Waals surface area (Å²) < 4.78 is 5.40. The highest BCUT2D eigenvalue weighted by Gasteiger charge is 2.26. The molecule has 1 aromatic carbocycles. The van der Waals surface area contributed by atoms with Crippen LogP contribution in [0.5, 0.6) is 0 Å². The molecule has 1 aromatic heterocycles. The van der Waals surface area contributed by atoms with Crippen LogP contribution < -0.4 is 26.2 Å². The van der Waals surface area contributed by atoms with Gasteiger partial charge in [0.25, 0.3) is 5.91 Å². The van der Waals surface area contributed by atoms with Gasteiger partial charge in [-0.1, -0.05) is 0 Å². The first kappa shape index (κ1) is 27.8. The summed E-state index contributed by atoms with van der Waals surface area (Å²) in [6.07, 6.45) is 0.359. The number of carbonyl (C=O) groups is 3. The van der Waals surface area contributed by atoms with Gasteiger partial charge in [0, 0.05) is 56.7 Å². The Kier molecular flexibility index (Phi) is 8.32. The van der Waals surface area contributed by atoms with Crippen molar-refractivity contribution in [3.63, 3.8) is 0 Å². The molecule has 12 nitrogen and oxygen atoms in total. The molecule has 0 saturated carbocycles. The average molecular weight is 540 g/mol. The van der Waals surface area contributed by atoms with Crippen LogP contribution >= 0.6 is 0 Å². The number of benzene rings is 1. The highest BCUT2D eigenvalue weighted by molar-refractivity contribution is 5.98. The molecule has 5 N–H and O–H groups in total. The third kappa shape index (κ3) is 7.43. The molecule has 4 rings (SSSR count). The summed E-state index contributed by atoms with van der Waals surface area (Å²) >= 11 is 0. The van der Waals surface area contributed by atoms with Gasteiger partial charge < -0.3 is 40.9 Å². The Balaban J connectivity index is 1.44. The van der Waals surface area contributed by atoms with E-state index in [2.05, 4.69) is 20.4 Å². The summed E-state index contributed by atoms with van der Waals surface area (Å²) in [6, 6.07) is 11.0. The Morgan fingerprint density at radius 2 is 1.69 bits per heavy atom. The number of carbonyl (C=O) groups excluding carboxylic acids is 2. The molecule has 2 aliphatic heterocycles. The van der Waals surface area contributed by atoms with Gasteiger partial charge >= 0.3 is 12.2 Å². The van der Waals surface area contributed by atoms with Gasteiger partial charge in [-0.25, -0.2) is 14.6 Å². The van der Waals surface area contributed by atoms with Gasteiger partial charge in [-0.15, -0.1) is 0 Å². The van der Waals surface area contributed by atoms with Gasteiger partial charge in [0.15, 0.2) is 0 Å². The number of nitrogens with one attached hydrogen (secondary N) is 2. The number of pyridine rings is 1. The fourth-order valence-corrected chi connectivity index (χ4v) is 4.74. The number of nitrogens with two attached hydrogens (primary N) is 1. The molecule has 12 heteroatoms. The Labute approximate surface area is 228 Å². The van der Waals surface area contributed by atoms with Gasteiger partial charge in [0.05, 0.1) is 5.56 Å². The zero-order valence-corrected chi connectivity index (χ0v) is 22.6. The number of nitrogens with zero attached hydrogens (tertiary/aromatic N) is 4. The molecule has 3 amide bonds. The Morgan fingerprint density at radius 3 is 2.31 bits per heavy atom. The van der Waals surface area contributed by atoms with E-state index in [1.165, 1.54) is 4.90 Å². The maximum atomic E-state index is 12.3. The third-order valence-electron chi connectivity index (χ3n) is 6.66. The smallest absolute Gasteiger partial charge is 0.407 e. The molecule has 0 spiro atoms. The minimum atomic E-state index is -0.895. The Hall–Kier alpha value is -4.22. The first-order chi connectivity index (χ1) is 18.5. The molecule has 3 heterocycles. The number of hydrogen-bond donors (Lipinski definition) is 4. The van der Waals surface area contributed by atoms with Gasteiger partial charge in [0.2, 0.25) is 0 Å². The van der Waals surface area contributed by atoms with Gasteiger partial charge in [-0.05, 0) is 70.0 Å². The lowest BCUT2D eigenvalue weighted by molar-refractivity contribution is 0.0499. The van der Waals surface area contributed by atoms with Crippen LogP contribution in [-0.4, -0.2) is 84.0 Å². The number of alkyl carbamates (subject to hydrolysis) is 1. The Morgan fingerprint density at radius 1 is 1.00 bits per heavy atom. The van der Waals surface area contributed by atoms with E-state index in [4.69, 9.17) is 20.6 Å². The molecule has 0 aliphatic carbocycles. The number of aromatic nitrogens is 1. The summed E-state index contributed by atoms with van der Waals surface area (Å²) in [5.41, 5.74) is 7.05. The standard InChI is InChI=1S/C27H37N7O5/c1-27(2,3)39-25(36)30-19-5-4-12-34(17-19)22-11-10-21(23(28)35)24(31-22)29-18-6-8-20(9-7-18)32-13-15-33(16-14-32)26(37)38/h6-11,19H,4-5,12-17H2,1-3H3,(H2,28,35)(H,29,31)(H,30,36)(H,37,38). The predicted molar refractivity (Wildman–Crippen MR) is 149 cm³/mol. The van der Waals surface area contributed by atoms with E-state index in [-0.39, 0.29) is 11.6 Å². The number of anilines is 4. The first-order valence-corrected chi connectivity index (χ1v) is 13.1. The summed E-state index contributed by atoms with van der Waals surface area (Å²) in [5.74, 6) is 0.434. The van der Waals surface area contributed by atoms with Crippen LogP contribution in [0.2, 0.25) is 0 Å². The molecule has 2 aliphatic rings. The summed E-state index contributed by atoms with van der Waals surface area (Å²) in [6.45, 7) is 8.96. The number of piperazine rings is 1. The number of piperidine rings is 1. The lowest BCUT2D eigenvalue weighted by Gasteiger charge is -2.34. The van der Waals surface area contributed by atoms with Crippen molar-refractivity contribution in [2.24, 2.45) is 5.73 Å². The lowest BCUT2D eigenvalue weighted by Crippen LogP contribution is -2.49. The SMILES string of the molecule is CC(C)(C)OC(=O)NC1CCCN(c2ccc(C(N)=O)c(Nc3ccc(N4CCN(C(=O)O)CC4)cc3)n2)C1. The molecular formula is C27H37N7O5. The minimum absolute atomic E-state index is 0.0902. The van der Waals surface area contributed by atoms with E-state index in [0.717, 1.165) is 30.8 Å². The number of amides is 3. The summed E-state index contributed by atoms with van der Waals surface area (Å²) in [5, 5.41) is 15.3. The van der Waals surface area contributed by atoms with Gasteiger partial charge in [-0.2, -0.15) is 0 Å².